The van der Waals surface area contributed by atoms with Crippen molar-refractivity contribution in [2.45, 2.75) is 19.8 Å². The van der Waals surface area contributed by atoms with Gasteiger partial charge in [0.2, 0.25) is 0 Å². The Morgan fingerprint density at radius 3 is 2.82 bits per heavy atom. The number of hydrogen-bond donors (Lipinski definition) is 1. The fourth-order valence-corrected chi connectivity index (χ4v) is 2.28. The summed E-state index contributed by atoms with van der Waals surface area (Å²) in [5.74, 6) is 0.821. The quantitative estimate of drug-likeness (QED) is 0.878. The van der Waals surface area contributed by atoms with E-state index in [-0.39, 0.29) is 5.92 Å². The fraction of sp³-hybridized carbons (Fsp3) is 0.333. The first kappa shape index (κ1) is 12.4. The molecule has 0 amide bonds. The van der Waals surface area contributed by atoms with Gasteiger partial charge in [-0.25, -0.2) is 0 Å². The van der Waals surface area contributed by atoms with Crippen molar-refractivity contribution in [3.63, 3.8) is 0 Å². The molecule has 0 aliphatic carbocycles. The zero-order valence-electron chi connectivity index (χ0n) is 9.45. The van der Waals surface area contributed by atoms with Gasteiger partial charge in [-0.2, -0.15) is 5.10 Å². The summed E-state index contributed by atoms with van der Waals surface area (Å²) in [6.45, 7) is 2.09. The maximum atomic E-state index is 6.17. The molecular weight excluding hydrogens is 257 g/mol. The summed E-state index contributed by atoms with van der Waals surface area (Å²) in [5, 5.41) is 9.39. The smallest absolute Gasteiger partial charge is 0.123 e. The van der Waals surface area contributed by atoms with E-state index in [1.165, 1.54) is 0 Å². The van der Waals surface area contributed by atoms with Gasteiger partial charge < -0.3 is 5.73 Å². The van der Waals surface area contributed by atoms with Crippen LogP contribution in [0, 0.1) is 5.92 Å². The second kappa shape index (κ2) is 5.07. The lowest BCUT2D eigenvalue weighted by Crippen LogP contribution is -2.26. The predicted octanol–water partition coefficient (Wildman–Crippen LogP) is 3.48. The Labute approximate surface area is 110 Å². The van der Waals surface area contributed by atoms with Gasteiger partial charge in [0.1, 0.15) is 5.84 Å². The lowest BCUT2D eigenvalue weighted by molar-refractivity contribution is 0.677. The van der Waals surface area contributed by atoms with Crippen molar-refractivity contribution in [3.8, 4) is 0 Å². The molecule has 2 rings (SSSR count). The average Bonchev–Trinajstić information content (AvgIpc) is 2.32. The van der Waals surface area contributed by atoms with Crippen LogP contribution in [0.2, 0.25) is 10.0 Å². The molecule has 17 heavy (non-hydrogen) atoms. The Kier molecular flexibility index (Phi) is 3.69. The molecule has 2 N–H and O–H groups in total. The third kappa shape index (κ3) is 2.61. The highest BCUT2D eigenvalue weighted by Gasteiger charge is 2.23. The Hall–Kier alpha value is -1.06. The lowest BCUT2D eigenvalue weighted by atomic mass is 9.90. The van der Waals surface area contributed by atoms with Crippen LogP contribution in [-0.4, -0.2) is 11.5 Å². The van der Waals surface area contributed by atoms with Crippen LogP contribution in [0.25, 0.3) is 0 Å². The van der Waals surface area contributed by atoms with Crippen molar-refractivity contribution in [2.75, 3.05) is 0 Å². The molecule has 0 spiro atoms. The fourth-order valence-electron chi connectivity index (χ4n) is 1.89. The van der Waals surface area contributed by atoms with Crippen LogP contribution in [0.4, 0.5) is 0 Å². The Morgan fingerprint density at radius 2 is 2.12 bits per heavy atom. The first-order valence-corrected chi connectivity index (χ1v) is 6.22. The largest absolute Gasteiger partial charge is 0.386 e. The number of benzene rings is 1. The molecule has 3 nitrogen and oxygen atoms in total. The van der Waals surface area contributed by atoms with E-state index in [4.69, 9.17) is 28.9 Å². The van der Waals surface area contributed by atoms with E-state index >= 15 is 0 Å². The van der Waals surface area contributed by atoms with Gasteiger partial charge in [-0.05, 0) is 24.6 Å². The molecule has 0 saturated carbocycles. The third-order valence-electron chi connectivity index (χ3n) is 2.83. The third-order valence-corrected chi connectivity index (χ3v) is 3.39. The maximum Gasteiger partial charge on any atom is 0.123 e. The van der Waals surface area contributed by atoms with Crippen molar-refractivity contribution in [3.05, 3.63) is 33.8 Å². The molecule has 0 aromatic heterocycles. The van der Waals surface area contributed by atoms with Crippen LogP contribution >= 0.6 is 23.2 Å². The molecule has 1 aromatic carbocycles. The van der Waals surface area contributed by atoms with E-state index in [9.17, 15) is 0 Å². The number of nitrogens with two attached hydrogens (primary N) is 1. The summed E-state index contributed by atoms with van der Waals surface area (Å²) >= 11 is 12.2. The molecule has 0 radical (unpaired) electrons. The van der Waals surface area contributed by atoms with Crippen molar-refractivity contribution in [1.29, 1.82) is 0 Å². The Bertz CT molecular complexity index is 495. The van der Waals surface area contributed by atoms with Crippen LogP contribution in [-0.2, 0) is 0 Å². The molecule has 0 fully saturated rings. The van der Waals surface area contributed by atoms with Crippen molar-refractivity contribution >= 4 is 34.7 Å². The van der Waals surface area contributed by atoms with E-state index in [1.54, 1.807) is 12.1 Å². The number of amidine groups is 1. The van der Waals surface area contributed by atoms with E-state index in [2.05, 4.69) is 17.1 Å². The summed E-state index contributed by atoms with van der Waals surface area (Å²) in [6, 6.07) is 5.36. The SMILES string of the molecule is CCC1CC(N)=NN=C1c1cc(Cl)ccc1Cl. The van der Waals surface area contributed by atoms with E-state index in [0.29, 0.717) is 15.9 Å². The zero-order chi connectivity index (χ0) is 12.4. The van der Waals surface area contributed by atoms with Crippen molar-refractivity contribution < 1.29 is 0 Å². The second-order valence-electron chi connectivity index (χ2n) is 4.01. The summed E-state index contributed by atoms with van der Waals surface area (Å²) in [6.07, 6.45) is 1.66. The summed E-state index contributed by atoms with van der Waals surface area (Å²) in [4.78, 5) is 0. The number of rotatable bonds is 2. The lowest BCUT2D eigenvalue weighted by Gasteiger charge is -2.20. The summed E-state index contributed by atoms with van der Waals surface area (Å²) in [5.41, 5.74) is 7.41. The van der Waals surface area contributed by atoms with Crippen LogP contribution < -0.4 is 5.73 Å². The molecule has 5 heteroatoms. The van der Waals surface area contributed by atoms with Gasteiger partial charge in [0.25, 0.3) is 0 Å². The number of halogens is 2. The molecule has 1 aliphatic rings. The maximum absolute atomic E-state index is 6.17. The minimum Gasteiger partial charge on any atom is -0.386 e. The summed E-state index contributed by atoms with van der Waals surface area (Å²) in [7, 11) is 0. The molecule has 0 saturated heterocycles. The standard InChI is InChI=1S/C12H13Cl2N3/c1-2-7-5-11(15)16-17-12(7)9-6-8(13)3-4-10(9)14/h3-4,6-7H,2,5H2,1H3,(H2,15,16). The minimum absolute atomic E-state index is 0.253. The highest BCUT2D eigenvalue weighted by atomic mass is 35.5. The number of nitrogens with zero attached hydrogens (tertiary/aromatic N) is 2. The molecular formula is C12H13Cl2N3. The van der Waals surface area contributed by atoms with E-state index < -0.39 is 0 Å². The first-order valence-electron chi connectivity index (χ1n) is 5.47. The van der Waals surface area contributed by atoms with Gasteiger partial charge in [0.05, 0.1) is 5.71 Å². The molecule has 1 aliphatic heterocycles. The Balaban J connectivity index is 2.47. The predicted molar refractivity (Wildman–Crippen MR) is 73.0 cm³/mol. The minimum atomic E-state index is 0.253. The molecule has 1 unspecified atom stereocenters. The van der Waals surface area contributed by atoms with Gasteiger partial charge in [0.15, 0.2) is 0 Å². The van der Waals surface area contributed by atoms with Gasteiger partial charge in [0, 0.05) is 27.9 Å². The number of hydrogen-bond acceptors (Lipinski definition) is 3. The van der Waals surface area contributed by atoms with Crippen molar-refractivity contribution in [1.82, 2.24) is 0 Å². The van der Waals surface area contributed by atoms with Crippen LogP contribution in [0.15, 0.2) is 28.4 Å². The molecule has 1 heterocycles. The molecule has 1 aromatic rings. The zero-order valence-corrected chi connectivity index (χ0v) is 11.0. The second-order valence-corrected chi connectivity index (χ2v) is 4.85. The van der Waals surface area contributed by atoms with Gasteiger partial charge in [-0.1, -0.05) is 30.1 Å². The summed E-state index contributed by atoms with van der Waals surface area (Å²) < 4.78 is 0. The van der Waals surface area contributed by atoms with Crippen LogP contribution in [0.3, 0.4) is 0 Å². The van der Waals surface area contributed by atoms with E-state index in [1.807, 2.05) is 6.07 Å². The Morgan fingerprint density at radius 1 is 1.35 bits per heavy atom. The molecule has 0 bridgehead atoms. The first-order chi connectivity index (χ1) is 8.11. The van der Waals surface area contributed by atoms with E-state index in [0.717, 1.165) is 24.1 Å². The highest BCUT2D eigenvalue weighted by Crippen LogP contribution is 2.27. The monoisotopic (exact) mass is 269 g/mol. The van der Waals surface area contributed by atoms with Crippen LogP contribution in [0.1, 0.15) is 25.3 Å². The van der Waals surface area contributed by atoms with Gasteiger partial charge >= 0.3 is 0 Å². The topological polar surface area (TPSA) is 50.7 Å². The van der Waals surface area contributed by atoms with Crippen molar-refractivity contribution in [2.24, 2.45) is 21.9 Å². The normalized spacial score (nSPS) is 19.8. The highest BCUT2D eigenvalue weighted by molar-refractivity contribution is 6.36. The van der Waals surface area contributed by atoms with Gasteiger partial charge in [-0.3, -0.25) is 0 Å². The molecule has 1 atom stereocenters. The molecule has 90 valence electrons. The van der Waals surface area contributed by atoms with Gasteiger partial charge in [-0.15, -0.1) is 5.10 Å². The average molecular weight is 270 g/mol. The van der Waals surface area contributed by atoms with Crippen LogP contribution in [0.5, 0.6) is 0 Å².